The Morgan fingerprint density at radius 3 is 2.41 bits per heavy atom. The number of hydrogen-bond donors (Lipinski definition) is 0. The number of hydrogen-bond acceptors (Lipinski definition) is 3. The van der Waals surface area contributed by atoms with Gasteiger partial charge >= 0.3 is 6.03 Å². The molecule has 3 rings (SSSR count). The first-order valence-electron chi connectivity index (χ1n) is 9.27. The van der Waals surface area contributed by atoms with Crippen LogP contribution in [0.25, 0.3) is 0 Å². The first-order valence-corrected chi connectivity index (χ1v) is 9.27. The van der Waals surface area contributed by atoms with E-state index in [-0.39, 0.29) is 29.7 Å². The van der Waals surface area contributed by atoms with Crippen molar-refractivity contribution in [3.05, 3.63) is 30.1 Å². The molecule has 0 radical (unpaired) electrons. The summed E-state index contributed by atoms with van der Waals surface area (Å²) in [7, 11) is 0. The van der Waals surface area contributed by atoms with Crippen molar-refractivity contribution in [1.82, 2.24) is 9.80 Å². The highest BCUT2D eigenvalue weighted by Crippen LogP contribution is 2.32. The Morgan fingerprint density at radius 2 is 1.81 bits per heavy atom. The van der Waals surface area contributed by atoms with E-state index in [1.807, 2.05) is 27.7 Å². The third-order valence-corrected chi connectivity index (χ3v) is 4.95. The normalized spacial score (nSPS) is 22.3. The Bertz CT molecular complexity index is 760. The largest absolute Gasteiger partial charge is 0.339 e. The van der Waals surface area contributed by atoms with Crippen molar-refractivity contribution >= 4 is 23.5 Å². The average molecular weight is 375 g/mol. The Kier molecular flexibility index (Phi) is 4.97. The number of rotatable bonds is 3. The molecule has 0 bridgehead atoms. The van der Waals surface area contributed by atoms with E-state index >= 15 is 0 Å². The van der Waals surface area contributed by atoms with Crippen LogP contribution >= 0.6 is 0 Å². The number of anilines is 1. The van der Waals surface area contributed by atoms with E-state index in [1.54, 1.807) is 9.80 Å². The summed E-state index contributed by atoms with van der Waals surface area (Å²) in [5.74, 6) is -0.581. The molecule has 0 aliphatic carbocycles. The molecule has 7 heteroatoms. The number of halogens is 1. The molecule has 1 unspecified atom stereocenters. The zero-order valence-electron chi connectivity index (χ0n) is 16.2. The van der Waals surface area contributed by atoms with Crippen molar-refractivity contribution in [3.63, 3.8) is 0 Å². The fourth-order valence-electron chi connectivity index (χ4n) is 3.79. The molecule has 2 saturated heterocycles. The topological polar surface area (TPSA) is 60.9 Å². The van der Waals surface area contributed by atoms with E-state index < -0.39 is 17.9 Å². The highest BCUT2D eigenvalue weighted by Gasteiger charge is 2.50. The number of urea groups is 1. The molecule has 4 amide bonds. The lowest BCUT2D eigenvalue weighted by molar-refractivity contribution is -0.133. The summed E-state index contributed by atoms with van der Waals surface area (Å²) in [6, 6.07) is 4.17. The summed E-state index contributed by atoms with van der Waals surface area (Å²) >= 11 is 0. The highest BCUT2D eigenvalue weighted by molar-refractivity contribution is 6.21. The van der Waals surface area contributed by atoms with E-state index in [4.69, 9.17) is 0 Å². The molecule has 2 aliphatic rings. The van der Waals surface area contributed by atoms with Gasteiger partial charge in [-0.25, -0.2) is 14.1 Å². The van der Waals surface area contributed by atoms with E-state index in [0.717, 1.165) is 4.90 Å². The van der Waals surface area contributed by atoms with Crippen molar-refractivity contribution < 1.29 is 18.8 Å². The van der Waals surface area contributed by atoms with E-state index in [9.17, 15) is 18.8 Å². The Hall–Kier alpha value is -2.44. The highest BCUT2D eigenvalue weighted by atomic mass is 19.1. The summed E-state index contributed by atoms with van der Waals surface area (Å²) in [6.07, 6.45) is 0.409. The molecule has 0 spiro atoms. The van der Waals surface area contributed by atoms with Crippen LogP contribution < -0.4 is 4.90 Å². The van der Waals surface area contributed by atoms with Crippen molar-refractivity contribution in [1.29, 1.82) is 0 Å². The van der Waals surface area contributed by atoms with E-state index in [2.05, 4.69) is 0 Å². The summed E-state index contributed by atoms with van der Waals surface area (Å²) in [6.45, 7) is 9.01. The van der Waals surface area contributed by atoms with Gasteiger partial charge in [-0.2, -0.15) is 0 Å². The van der Waals surface area contributed by atoms with Gasteiger partial charge in [0.15, 0.2) is 0 Å². The molecular formula is C20H26FN3O3. The van der Waals surface area contributed by atoms with Crippen LogP contribution in [0.2, 0.25) is 0 Å². The second kappa shape index (κ2) is 6.94. The fraction of sp³-hybridized carbons (Fsp3) is 0.550. The van der Waals surface area contributed by atoms with Gasteiger partial charge in [0.2, 0.25) is 5.91 Å². The van der Waals surface area contributed by atoms with Gasteiger partial charge in [0.25, 0.3) is 5.91 Å². The number of benzene rings is 1. The van der Waals surface area contributed by atoms with Crippen molar-refractivity contribution in [2.24, 2.45) is 11.3 Å². The van der Waals surface area contributed by atoms with Crippen LogP contribution in [-0.2, 0) is 9.59 Å². The molecule has 27 heavy (non-hydrogen) atoms. The van der Waals surface area contributed by atoms with Gasteiger partial charge in [0.1, 0.15) is 11.9 Å². The SMILES string of the molecule is CC(C)CC(=O)N1CC2C(=O)N(c3ccc(F)cc3)C(=O)N2CC(C)(C)C1. The van der Waals surface area contributed by atoms with E-state index in [0.29, 0.717) is 25.2 Å². The van der Waals surface area contributed by atoms with Crippen LogP contribution in [0, 0.1) is 17.2 Å². The Balaban J connectivity index is 1.91. The summed E-state index contributed by atoms with van der Waals surface area (Å²) in [5.41, 5.74) is 0.00759. The Morgan fingerprint density at radius 1 is 1.19 bits per heavy atom. The minimum Gasteiger partial charge on any atom is -0.339 e. The predicted octanol–water partition coefficient (Wildman–Crippen LogP) is 2.88. The molecule has 1 atom stereocenters. The molecule has 146 valence electrons. The maximum atomic E-state index is 13.2. The first kappa shape index (κ1) is 19.3. The zero-order chi connectivity index (χ0) is 19.9. The number of nitrogens with zero attached hydrogens (tertiary/aromatic N) is 3. The van der Waals surface area contributed by atoms with Crippen LogP contribution in [0.4, 0.5) is 14.9 Å². The van der Waals surface area contributed by atoms with Gasteiger partial charge < -0.3 is 9.80 Å². The maximum absolute atomic E-state index is 13.2. The lowest BCUT2D eigenvalue weighted by Gasteiger charge is -2.31. The fourth-order valence-corrected chi connectivity index (χ4v) is 3.79. The first-order chi connectivity index (χ1) is 12.6. The number of carbonyl (C=O) groups excluding carboxylic acids is 3. The summed E-state index contributed by atoms with van der Waals surface area (Å²) < 4.78 is 13.2. The Labute approximate surface area is 158 Å². The smallest absolute Gasteiger partial charge is 0.332 e. The molecule has 1 aromatic rings. The van der Waals surface area contributed by atoms with Crippen LogP contribution in [0.3, 0.4) is 0 Å². The van der Waals surface area contributed by atoms with Gasteiger partial charge in [-0.3, -0.25) is 9.59 Å². The third-order valence-electron chi connectivity index (χ3n) is 4.95. The molecule has 1 aromatic carbocycles. The minimum absolute atomic E-state index is 0.000376. The van der Waals surface area contributed by atoms with Crippen molar-refractivity contribution in [3.8, 4) is 0 Å². The van der Waals surface area contributed by atoms with Gasteiger partial charge in [-0.1, -0.05) is 27.7 Å². The number of amides is 4. The molecule has 2 aliphatic heterocycles. The molecule has 6 nitrogen and oxygen atoms in total. The minimum atomic E-state index is -0.708. The van der Waals surface area contributed by atoms with Crippen molar-refractivity contribution in [2.75, 3.05) is 24.5 Å². The summed E-state index contributed by atoms with van der Waals surface area (Å²) in [4.78, 5) is 43.0. The monoisotopic (exact) mass is 375 g/mol. The van der Waals surface area contributed by atoms with Gasteiger partial charge in [-0.05, 0) is 30.2 Å². The molecule has 2 fully saturated rings. The van der Waals surface area contributed by atoms with Crippen LogP contribution in [0.15, 0.2) is 24.3 Å². The average Bonchev–Trinajstić information content (AvgIpc) is 2.70. The van der Waals surface area contributed by atoms with Gasteiger partial charge in [0, 0.05) is 24.9 Å². The van der Waals surface area contributed by atoms with E-state index in [1.165, 1.54) is 24.3 Å². The van der Waals surface area contributed by atoms with Gasteiger partial charge in [-0.15, -0.1) is 0 Å². The van der Waals surface area contributed by atoms with Gasteiger partial charge in [0.05, 0.1) is 12.2 Å². The van der Waals surface area contributed by atoms with Crippen LogP contribution in [0.1, 0.15) is 34.1 Å². The molecular weight excluding hydrogens is 349 g/mol. The standard InChI is InChI=1S/C20H26FN3O3/c1-13(2)9-17(25)22-10-16-18(26)24(15-7-5-14(21)6-8-15)19(27)23(16)12-20(3,4)11-22/h5-8,13,16H,9-12H2,1-4H3. The lowest BCUT2D eigenvalue weighted by atomic mass is 9.92. The molecule has 0 aromatic heterocycles. The summed E-state index contributed by atoms with van der Waals surface area (Å²) in [5, 5.41) is 0. The third kappa shape index (κ3) is 3.82. The second-order valence-electron chi connectivity index (χ2n) is 8.61. The predicted molar refractivity (Wildman–Crippen MR) is 99.6 cm³/mol. The molecule has 2 heterocycles. The zero-order valence-corrected chi connectivity index (χ0v) is 16.2. The van der Waals surface area contributed by atoms with Crippen LogP contribution in [0.5, 0.6) is 0 Å². The number of imide groups is 1. The molecule has 0 N–H and O–H groups in total. The quantitative estimate of drug-likeness (QED) is 0.764. The second-order valence-corrected chi connectivity index (χ2v) is 8.61. The maximum Gasteiger partial charge on any atom is 0.332 e. The van der Waals surface area contributed by atoms with Crippen molar-refractivity contribution in [2.45, 2.75) is 40.2 Å². The number of fused-ring (bicyclic) bond motifs is 1. The number of carbonyl (C=O) groups is 3. The molecule has 0 saturated carbocycles. The van der Waals surface area contributed by atoms with Crippen LogP contribution in [-0.4, -0.2) is 53.3 Å². The lowest BCUT2D eigenvalue weighted by Crippen LogP contribution is -2.44.